The topological polar surface area (TPSA) is 90.5 Å². The molecule has 124 valence electrons. The molecule has 1 spiro atoms. The van der Waals surface area contributed by atoms with E-state index in [1.807, 2.05) is 0 Å². The summed E-state index contributed by atoms with van der Waals surface area (Å²) < 4.78 is 0. The minimum atomic E-state index is -0.779. The summed E-state index contributed by atoms with van der Waals surface area (Å²) in [6, 6.07) is -1.22. The predicted octanol–water partition coefficient (Wildman–Crippen LogP) is 0.355. The SMILES string of the molecule is CCCNCCNC(=O)C(C)N1C(=O)NC2(CCCC2)C1=O. The Morgan fingerprint density at radius 1 is 1.27 bits per heavy atom. The molecule has 2 rings (SSSR count). The van der Waals surface area contributed by atoms with Crippen molar-refractivity contribution >= 4 is 17.8 Å². The number of nitrogens with zero attached hydrogens (tertiary/aromatic N) is 1. The number of urea groups is 1. The minimum absolute atomic E-state index is 0.248. The first-order valence-corrected chi connectivity index (χ1v) is 8.16. The zero-order valence-electron chi connectivity index (χ0n) is 13.4. The highest BCUT2D eigenvalue weighted by Crippen LogP contribution is 2.35. The molecule has 0 aromatic carbocycles. The third kappa shape index (κ3) is 3.24. The highest BCUT2D eigenvalue weighted by molar-refractivity contribution is 6.09. The van der Waals surface area contributed by atoms with E-state index in [9.17, 15) is 14.4 Å². The molecule has 4 amide bonds. The number of hydrogen-bond acceptors (Lipinski definition) is 4. The quantitative estimate of drug-likeness (QED) is 0.468. The van der Waals surface area contributed by atoms with Crippen LogP contribution >= 0.6 is 0 Å². The van der Waals surface area contributed by atoms with E-state index >= 15 is 0 Å². The molecule has 2 aliphatic rings. The van der Waals surface area contributed by atoms with Gasteiger partial charge in [-0.1, -0.05) is 19.8 Å². The van der Waals surface area contributed by atoms with E-state index in [0.29, 0.717) is 25.9 Å². The summed E-state index contributed by atoms with van der Waals surface area (Å²) in [5, 5.41) is 8.74. The number of hydrogen-bond donors (Lipinski definition) is 3. The molecule has 1 unspecified atom stereocenters. The average Bonchev–Trinajstić information content (AvgIpc) is 3.04. The van der Waals surface area contributed by atoms with Crippen LogP contribution in [0.4, 0.5) is 4.79 Å². The summed E-state index contributed by atoms with van der Waals surface area (Å²) in [6.07, 6.45) is 4.24. The first kappa shape index (κ1) is 16.7. The molecule has 1 saturated heterocycles. The molecule has 1 heterocycles. The molecule has 0 aromatic heterocycles. The van der Waals surface area contributed by atoms with Gasteiger partial charge in [-0.25, -0.2) is 9.69 Å². The smallest absolute Gasteiger partial charge is 0.325 e. The standard InChI is InChI=1S/C15H26N4O3/c1-3-8-16-9-10-17-12(20)11(2)19-13(21)15(18-14(19)22)6-4-5-7-15/h11,16H,3-10H2,1-2H3,(H,17,20)(H,18,22). The van der Waals surface area contributed by atoms with Gasteiger partial charge in [0.25, 0.3) is 5.91 Å². The van der Waals surface area contributed by atoms with Crippen molar-refractivity contribution in [1.29, 1.82) is 0 Å². The van der Waals surface area contributed by atoms with Crippen LogP contribution in [0.5, 0.6) is 0 Å². The van der Waals surface area contributed by atoms with Crippen molar-refractivity contribution in [3.8, 4) is 0 Å². The summed E-state index contributed by atoms with van der Waals surface area (Å²) >= 11 is 0. The largest absolute Gasteiger partial charge is 0.353 e. The van der Waals surface area contributed by atoms with Crippen LogP contribution in [0.15, 0.2) is 0 Å². The van der Waals surface area contributed by atoms with Gasteiger partial charge in [0, 0.05) is 13.1 Å². The van der Waals surface area contributed by atoms with Gasteiger partial charge < -0.3 is 16.0 Å². The third-order valence-electron chi connectivity index (χ3n) is 4.44. The van der Waals surface area contributed by atoms with E-state index in [1.54, 1.807) is 6.92 Å². The summed E-state index contributed by atoms with van der Waals surface area (Å²) in [5.41, 5.74) is -0.756. The van der Waals surface area contributed by atoms with Gasteiger partial charge >= 0.3 is 6.03 Å². The maximum Gasteiger partial charge on any atom is 0.325 e. The Kier molecular flexibility index (Phi) is 5.39. The highest BCUT2D eigenvalue weighted by atomic mass is 16.2. The maximum atomic E-state index is 12.6. The van der Waals surface area contributed by atoms with Crippen molar-refractivity contribution in [2.45, 2.75) is 57.5 Å². The number of rotatable bonds is 7. The van der Waals surface area contributed by atoms with Crippen LogP contribution in [0.3, 0.4) is 0 Å². The lowest BCUT2D eigenvalue weighted by molar-refractivity contribution is -0.137. The Labute approximate surface area is 131 Å². The average molecular weight is 310 g/mol. The molecule has 22 heavy (non-hydrogen) atoms. The second kappa shape index (κ2) is 7.09. The molecule has 1 saturated carbocycles. The maximum absolute atomic E-state index is 12.6. The molecule has 1 aliphatic heterocycles. The number of amides is 4. The van der Waals surface area contributed by atoms with Gasteiger partial charge in [-0.05, 0) is 32.7 Å². The van der Waals surface area contributed by atoms with Gasteiger partial charge in [0.05, 0.1) is 0 Å². The van der Waals surface area contributed by atoms with Gasteiger partial charge in [-0.3, -0.25) is 9.59 Å². The van der Waals surface area contributed by atoms with Crippen LogP contribution in [0, 0.1) is 0 Å². The van der Waals surface area contributed by atoms with E-state index in [-0.39, 0.29) is 11.8 Å². The summed E-state index contributed by atoms with van der Waals surface area (Å²) in [5.74, 6) is -0.543. The first-order valence-electron chi connectivity index (χ1n) is 8.16. The van der Waals surface area contributed by atoms with Crippen molar-refractivity contribution in [2.75, 3.05) is 19.6 Å². The Balaban J connectivity index is 1.88. The predicted molar refractivity (Wildman–Crippen MR) is 82.2 cm³/mol. The van der Waals surface area contributed by atoms with Gasteiger partial charge in [-0.15, -0.1) is 0 Å². The van der Waals surface area contributed by atoms with Gasteiger partial charge in [0.1, 0.15) is 11.6 Å². The third-order valence-corrected chi connectivity index (χ3v) is 4.44. The second-order valence-electron chi connectivity index (χ2n) is 6.11. The van der Waals surface area contributed by atoms with Crippen molar-refractivity contribution < 1.29 is 14.4 Å². The fourth-order valence-electron chi connectivity index (χ4n) is 3.15. The monoisotopic (exact) mass is 310 g/mol. The number of carbonyl (C=O) groups excluding carboxylic acids is 3. The Morgan fingerprint density at radius 2 is 1.95 bits per heavy atom. The van der Waals surface area contributed by atoms with Crippen LogP contribution < -0.4 is 16.0 Å². The zero-order chi connectivity index (χ0) is 16.2. The van der Waals surface area contributed by atoms with Crippen LogP contribution in [0.25, 0.3) is 0 Å². The van der Waals surface area contributed by atoms with Crippen molar-refractivity contribution in [2.24, 2.45) is 0 Å². The van der Waals surface area contributed by atoms with E-state index in [2.05, 4.69) is 22.9 Å². The fraction of sp³-hybridized carbons (Fsp3) is 0.800. The molecule has 1 atom stereocenters. The second-order valence-corrected chi connectivity index (χ2v) is 6.11. The summed E-state index contributed by atoms with van der Waals surface area (Å²) in [6.45, 7) is 5.74. The summed E-state index contributed by atoms with van der Waals surface area (Å²) in [7, 11) is 0. The van der Waals surface area contributed by atoms with Crippen molar-refractivity contribution in [1.82, 2.24) is 20.9 Å². The molecule has 7 heteroatoms. The van der Waals surface area contributed by atoms with Gasteiger partial charge in [0.2, 0.25) is 5.91 Å². The van der Waals surface area contributed by atoms with Crippen molar-refractivity contribution in [3.05, 3.63) is 0 Å². The molecule has 7 nitrogen and oxygen atoms in total. The lowest BCUT2D eigenvalue weighted by Gasteiger charge is -2.23. The van der Waals surface area contributed by atoms with Gasteiger partial charge in [-0.2, -0.15) is 0 Å². The van der Waals surface area contributed by atoms with E-state index in [0.717, 1.165) is 30.7 Å². The van der Waals surface area contributed by atoms with Crippen molar-refractivity contribution in [3.63, 3.8) is 0 Å². The molecule has 3 N–H and O–H groups in total. The number of nitrogens with one attached hydrogen (secondary N) is 3. The van der Waals surface area contributed by atoms with Crippen LogP contribution in [0.1, 0.15) is 46.0 Å². The molecular formula is C15H26N4O3. The molecule has 1 aliphatic carbocycles. The van der Waals surface area contributed by atoms with Gasteiger partial charge in [0.15, 0.2) is 0 Å². The normalized spacial score (nSPS) is 21.3. The Morgan fingerprint density at radius 3 is 2.59 bits per heavy atom. The highest BCUT2D eigenvalue weighted by Gasteiger charge is 2.54. The Bertz CT molecular complexity index is 446. The number of imide groups is 1. The van der Waals surface area contributed by atoms with Crippen LogP contribution in [0.2, 0.25) is 0 Å². The zero-order valence-corrected chi connectivity index (χ0v) is 13.4. The van der Waals surface area contributed by atoms with E-state index in [1.165, 1.54) is 0 Å². The van der Waals surface area contributed by atoms with Crippen LogP contribution in [-0.4, -0.2) is 54.0 Å². The molecule has 0 radical (unpaired) electrons. The minimum Gasteiger partial charge on any atom is -0.353 e. The first-order chi connectivity index (χ1) is 10.5. The molecule has 0 aromatic rings. The lowest BCUT2D eigenvalue weighted by Crippen LogP contribution is -2.50. The number of carbonyl (C=O) groups is 3. The molecule has 2 fully saturated rings. The van der Waals surface area contributed by atoms with E-state index < -0.39 is 17.6 Å². The Hall–Kier alpha value is -1.63. The molecule has 0 bridgehead atoms. The van der Waals surface area contributed by atoms with E-state index in [4.69, 9.17) is 0 Å². The summed E-state index contributed by atoms with van der Waals surface area (Å²) in [4.78, 5) is 37.9. The lowest BCUT2D eigenvalue weighted by atomic mass is 9.97. The van der Waals surface area contributed by atoms with Crippen LogP contribution in [-0.2, 0) is 9.59 Å². The fourth-order valence-corrected chi connectivity index (χ4v) is 3.15. The molecular weight excluding hydrogens is 284 g/mol.